The fourth-order valence-corrected chi connectivity index (χ4v) is 6.60. The molecule has 0 saturated carbocycles. The van der Waals surface area contributed by atoms with Crippen LogP contribution in [-0.2, 0) is 18.0 Å². The summed E-state index contributed by atoms with van der Waals surface area (Å²) in [6, 6.07) is 0.661. The summed E-state index contributed by atoms with van der Waals surface area (Å²) in [6.07, 6.45) is 19.0. The second-order valence-corrected chi connectivity index (χ2v) is 11.5. The number of hydrogen-bond donors (Lipinski definition) is 1. The Morgan fingerprint density at radius 2 is 1.03 bits per heavy atom. The Hall–Kier alpha value is -0.633. The summed E-state index contributed by atoms with van der Waals surface area (Å²) in [4.78, 5) is 11.9. The summed E-state index contributed by atoms with van der Waals surface area (Å²) in [5.41, 5.74) is 0. The van der Waals surface area contributed by atoms with Gasteiger partial charge in [-0.15, -0.1) is 0 Å². The molecule has 198 valence electrons. The molecule has 0 aromatic heterocycles. The van der Waals surface area contributed by atoms with E-state index in [9.17, 15) is 4.79 Å². The molecule has 0 rings (SSSR count). The molecule has 0 unspecified atom stereocenters. The van der Waals surface area contributed by atoms with E-state index in [0.29, 0.717) is 45.4 Å². The summed E-state index contributed by atoms with van der Waals surface area (Å²) in [7, 11) is -2.64. The van der Waals surface area contributed by atoms with Crippen molar-refractivity contribution in [3.8, 4) is 0 Å². The second-order valence-electron chi connectivity index (χ2n) is 8.74. The molecular formula is C26H55NO5Si. The molecule has 0 aliphatic rings. The van der Waals surface area contributed by atoms with Gasteiger partial charge in [0.05, 0.1) is 6.61 Å². The van der Waals surface area contributed by atoms with Gasteiger partial charge in [-0.1, -0.05) is 90.4 Å². The smallest absolute Gasteiger partial charge is 0.450 e. The zero-order valence-electron chi connectivity index (χ0n) is 22.4. The Bertz CT molecular complexity index is 408. The Kier molecular flexibility index (Phi) is 24.0. The zero-order valence-corrected chi connectivity index (χ0v) is 23.4. The van der Waals surface area contributed by atoms with Crippen molar-refractivity contribution >= 4 is 14.9 Å². The van der Waals surface area contributed by atoms with Gasteiger partial charge in [-0.2, -0.15) is 0 Å². The van der Waals surface area contributed by atoms with Crippen LogP contribution in [0, 0.1) is 0 Å². The number of ether oxygens (including phenoxy) is 1. The van der Waals surface area contributed by atoms with Crippen molar-refractivity contribution in [2.75, 3.05) is 33.0 Å². The molecule has 0 aromatic carbocycles. The summed E-state index contributed by atoms with van der Waals surface area (Å²) in [5.74, 6) is 0. The molecule has 1 N–H and O–H groups in total. The number of carbonyl (C=O) groups excluding carboxylic acids is 1. The minimum atomic E-state index is -2.64. The van der Waals surface area contributed by atoms with Crippen LogP contribution in [0.25, 0.3) is 0 Å². The quantitative estimate of drug-likeness (QED) is 0.105. The lowest BCUT2D eigenvalue weighted by Gasteiger charge is -2.28. The number of alkyl carbamates (subject to hydrolysis) is 1. The van der Waals surface area contributed by atoms with Crippen LogP contribution < -0.4 is 5.32 Å². The molecule has 6 nitrogen and oxygen atoms in total. The first-order valence-electron chi connectivity index (χ1n) is 14.0. The van der Waals surface area contributed by atoms with Crippen LogP contribution in [0.1, 0.15) is 124 Å². The number of nitrogens with one attached hydrogen (secondary N) is 1. The molecule has 0 bridgehead atoms. The monoisotopic (exact) mass is 489 g/mol. The highest BCUT2D eigenvalue weighted by atomic mass is 28.4. The van der Waals surface area contributed by atoms with Gasteiger partial charge < -0.3 is 23.3 Å². The SMILES string of the molecule is CCCCCCCCCCCCCCCCNC(=O)OCCC[Si](OCC)(OCC)OCC. The first kappa shape index (κ1) is 32.4. The third-order valence-corrected chi connectivity index (χ3v) is 8.90. The molecule has 0 spiro atoms. The number of rotatable bonds is 25. The van der Waals surface area contributed by atoms with E-state index in [0.717, 1.165) is 6.42 Å². The Balaban J connectivity index is 3.53. The predicted molar refractivity (Wildman–Crippen MR) is 140 cm³/mol. The topological polar surface area (TPSA) is 66.0 Å². The highest BCUT2D eigenvalue weighted by Gasteiger charge is 2.39. The summed E-state index contributed by atoms with van der Waals surface area (Å²) < 4.78 is 22.7. The highest BCUT2D eigenvalue weighted by Crippen LogP contribution is 2.18. The van der Waals surface area contributed by atoms with Gasteiger partial charge in [-0.05, 0) is 33.6 Å². The van der Waals surface area contributed by atoms with E-state index >= 15 is 0 Å². The van der Waals surface area contributed by atoms with Crippen molar-refractivity contribution in [2.45, 2.75) is 130 Å². The molecule has 0 aromatic rings. The Morgan fingerprint density at radius 1 is 0.606 bits per heavy atom. The van der Waals surface area contributed by atoms with Crippen LogP contribution >= 0.6 is 0 Å². The van der Waals surface area contributed by atoms with Crippen LogP contribution in [-0.4, -0.2) is 47.9 Å². The minimum Gasteiger partial charge on any atom is -0.450 e. The average molecular weight is 490 g/mol. The van der Waals surface area contributed by atoms with Gasteiger partial charge in [0.25, 0.3) is 0 Å². The van der Waals surface area contributed by atoms with Gasteiger partial charge in [-0.3, -0.25) is 0 Å². The number of unbranched alkanes of at least 4 members (excludes halogenated alkanes) is 13. The van der Waals surface area contributed by atoms with E-state index in [2.05, 4.69) is 12.2 Å². The van der Waals surface area contributed by atoms with Crippen molar-refractivity contribution in [1.29, 1.82) is 0 Å². The third kappa shape index (κ3) is 20.5. The lowest BCUT2D eigenvalue weighted by molar-refractivity contribution is 0.0682. The fraction of sp³-hybridized carbons (Fsp3) is 0.962. The van der Waals surface area contributed by atoms with Crippen LogP contribution in [0.2, 0.25) is 6.04 Å². The molecule has 0 radical (unpaired) electrons. The van der Waals surface area contributed by atoms with E-state index in [1.54, 1.807) is 0 Å². The lowest BCUT2D eigenvalue weighted by atomic mass is 10.0. The van der Waals surface area contributed by atoms with Crippen LogP contribution in [0.15, 0.2) is 0 Å². The largest absolute Gasteiger partial charge is 0.501 e. The third-order valence-electron chi connectivity index (χ3n) is 5.75. The average Bonchev–Trinajstić information content (AvgIpc) is 2.80. The molecule has 0 aliphatic heterocycles. The summed E-state index contributed by atoms with van der Waals surface area (Å²) >= 11 is 0. The lowest BCUT2D eigenvalue weighted by Crippen LogP contribution is -2.46. The predicted octanol–water partition coefficient (Wildman–Crippen LogP) is 7.63. The van der Waals surface area contributed by atoms with E-state index in [1.807, 2.05) is 20.8 Å². The molecule has 33 heavy (non-hydrogen) atoms. The summed E-state index contributed by atoms with van der Waals surface area (Å²) in [6.45, 7) is 10.8. The molecule has 0 aliphatic carbocycles. The van der Waals surface area contributed by atoms with Crippen LogP contribution in [0.4, 0.5) is 4.79 Å². The van der Waals surface area contributed by atoms with Crippen molar-refractivity contribution in [3.63, 3.8) is 0 Å². The molecule has 0 heterocycles. The van der Waals surface area contributed by atoms with Gasteiger partial charge in [0.2, 0.25) is 0 Å². The van der Waals surface area contributed by atoms with E-state index in [-0.39, 0.29) is 6.09 Å². The molecule has 0 fully saturated rings. The Labute approximate surface area is 206 Å². The van der Waals surface area contributed by atoms with Crippen molar-refractivity contribution in [2.24, 2.45) is 0 Å². The van der Waals surface area contributed by atoms with Crippen molar-refractivity contribution < 1.29 is 22.8 Å². The molecule has 7 heteroatoms. The number of amides is 1. The number of carbonyl (C=O) groups is 1. The normalized spacial score (nSPS) is 11.6. The molecular weight excluding hydrogens is 434 g/mol. The van der Waals surface area contributed by atoms with Gasteiger partial charge in [0.1, 0.15) is 0 Å². The molecule has 0 atom stereocenters. The Morgan fingerprint density at radius 3 is 1.45 bits per heavy atom. The van der Waals surface area contributed by atoms with Gasteiger partial charge in [0, 0.05) is 32.4 Å². The number of hydrogen-bond acceptors (Lipinski definition) is 5. The molecule has 1 amide bonds. The molecule has 0 saturated heterocycles. The summed E-state index contributed by atoms with van der Waals surface area (Å²) in [5, 5.41) is 2.86. The first-order valence-corrected chi connectivity index (χ1v) is 15.9. The zero-order chi connectivity index (χ0) is 24.5. The van der Waals surface area contributed by atoms with E-state index < -0.39 is 8.80 Å². The van der Waals surface area contributed by atoms with E-state index in [1.165, 1.54) is 83.5 Å². The van der Waals surface area contributed by atoms with Gasteiger partial charge in [0.15, 0.2) is 0 Å². The van der Waals surface area contributed by atoms with Gasteiger partial charge in [-0.25, -0.2) is 4.79 Å². The van der Waals surface area contributed by atoms with Crippen LogP contribution in [0.5, 0.6) is 0 Å². The maximum atomic E-state index is 11.9. The highest BCUT2D eigenvalue weighted by molar-refractivity contribution is 6.60. The van der Waals surface area contributed by atoms with Gasteiger partial charge >= 0.3 is 14.9 Å². The van der Waals surface area contributed by atoms with Crippen molar-refractivity contribution in [3.05, 3.63) is 0 Å². The fourth-order valence-electron chi connectivity index (χ4n) is 4.02. The van der Waals surface area contributed by atoms with Crippen LogP contribution in [0.3, 0.4) is 0 Å². The minimum absolute atomic E-state index is 0.332. The second kappa shape index (κ2) is 24.5. The van der Waals surface area contributed by atoms with E-state index in [4.69, 9.17) is 18.0 Å². The maximum Gasteiger partial charge on any atom is 0.501 e. The maximum absolute atomic E-state index is 11.9. The first-order chi connectivity index (χ1) is 16.1. The standard InChI is InChI=1S/C26H55NO5Si/c1-5-9-10-11-12-13-14-15-16-17-18-19-20-21-23-27-26(28)29-24-22-25-33(30-6-2,31-7-3)32-8-4/h5-25H2,1-4H3,(H,27,28). The van der Waals surface area contributed by atoms with Crippen molar-refractivity contribution in [1.82, 2.24) is 5.32 Å².